The van der Waals surface area contributed by atoms with Crippen LogP contribution in [0, 0.1) is 0 Å². The van der Waals surface area contributed by atoms with Crippen molar-refractivity contribution >= 4 is 15.7 Å². The van der Waals surface area contributed by atoms with Gasteiger partial charge < -0.3 is 0 Å². The van der Waals surface area contributed by atoms with E-state index >= 15 is 0 Å². The van der Waals surface area contributed by atoms with Crippen molar-refractivity contribution in [3.05, 3.63) is 24.2 Å². The van der Waals surface area contributed by atoms with E-state index in [0.29, 0.717) is 11.6 Å². The van der Waals surface area contributed by atoms with Crippen molar-refractivity contribution in [2.45, 2.75) is 50.1 Å². The van der Waals surface area contributed by atoms with Gasteiger partial charge in [-0.1, -0.05) is 6.42 Å². The summed E-state index contributed by atoms with van der Waals surface area (Å²) in [4.78, 5) is 0. The number of nitrogens with one attached hydrogen (secondary N) is 1. The summed E-state index contributed by atoms with van der Waals surface area (Å²) < 4.78 is 30.9. The smallest absolute Gasteiger partial charge is 0.275 e. The van der Waals surface area contributed by atoms with Gasteiger partial charge in [-0.3, -0.25) is 14.1 Å². The average Bonchev–Trinajstić information content (AvgIpc) is 2.95. The quantitative estimate of drug-likeness (QED) is 0.915. The highest BCUT2D eigenvalue weighted by atomic mass is 32.2. The Hall–Kier alpha value is -1.83. The maximum Gasteiger partial charge on any atom is 0.281 e. The first-order valence-electron chi connectivity index (χ1n) is 7.48. The average molecular weight is 323 g/mol. The van der Waals surface area contributed by atoms with E-state index in [1.54, 1.807) is 28.8 Å². The Labute approximate surface area is 130 Å². The van der Waals surface area contributed by atoms with Gasteiger partial charge in [-0.05, 0) is 32.8 Å². The molecule has 1 N–H and O–H groups in total. The number of rotatable bonds is 5. The second-order valence-electron chi connectivity index (χ2n) is 6.06. The number of aryl methyl sites for hydroxylation is 1. The summed E-state index contributed by atoms with van der Waals surface area (Å²) in [5.74, 6) is 0.354. The van der Waals surface area contributed by atoms with Crippen LogP contribution in [0.1, 0.15) is 50.8 Å². The zero-order valence-electron chi connectivity index (χ0n) is 13.0. The van der Waals surface area contributed by atoms with Crippen LogP contribution in [0.25, 0.3) is 0 Å². The maximum atomic E-state index is 12.5. The molecule has 0 saturated heterocycles. The molecule has 22 heavy (non-hydrogen) atoms. The van der Waals surface area contributed by atoms with Crippen molar-refractivity contribution in [3.8, 4) is 0 Å². The van der Waals surface area contributed by atoms with Crippen LogP contribution in [0.3, 0.4) is 0 Å². The molecule has 1 saturated carbocycles. The van der Waals surface area contributed by atoms with Gasteiger partial charge in [0.15, 0.2) is 5.03 Å². The van der Waals surface area contributed by atoms with Crippen LogP contribution in [0.5, 0.6) is 0 Å². The second-order valence-corrected chi connectivity index (χ2v) is 7.69. The Morgan fingerprint density at radius 1 is 1.32 bits per heavy atom. The maximum absolute atomic E-state index is 12.5. The lowest BCUT2D eigenvalue weighted by Gasteiger charge is -2.24. The van der Waals surface area contributed by atoms with Crippen LogP contribution in [-0.2, 0) is 17.1 Å². The Balaban J connectivity index is 1.87. The van der Waals surface area contributed by atoms with E-state index < -0.39 is 10.0 Å². The highest BCUT2D eigenvalue weighted by Gasteiger charge is 2.28. The van der Waals surface area contributed by atoms with Crippen molar-refractivity contribution in [2.75, 3.05) is 4.72 Å². The molecule has 8 heteroatoms. The van der Waals surface area contributed by atoms with Crippen LogP contribution in [0.15, 0.2) is 23.5 Å². The number of nitrogens with zero attached hydrogens (tertiary/aromatic N) is 4. The first kappa shape index (κ1) is 15.1. The predicted molar refractivity (Wildman–Crippen MR) is 83.2 cm³/mol. The molecule has 3 rings (SSSR count). The number of hydrogen-bond acceptors (Lipinski definition) is 4. The molecule has 0 aromatic carbocycles. The van der Waals surface area contributed by atoms with Gasteiger partial charge in [-0.15, -0.1) is 0 Å². The minimum absolute atomic E-state index is 0.0320. The van der Waals surface area contributed by atoms with E-state index in [4.69, 9.17) is 0 Å². The molecule has 0 spiro atoms. The van der Waals surface area contributed by atoms with E-state index in [1.807, 2.05) is 13.8 Å². The highest BCUT2D eigenvalue weighted by molar-refractivity contribution is 7.92. The standard InChI is InChI=1S/C14H21N5O2S/c1-10(2)19-8-7-13(15-19)22(20,21)17-12-9-18(3)16-14(12)11-5-4-6-11/h7-11,17H,4-6H2,1-3H3. The van der Waals surface area contributed by atoms with E-state index in [1.165, 1.54) is 12.5 Å². The summed E-state index contributed by atoms with van der Waals surface area (Å²) in [6.45, 7) is 3.90. The molecule has 0 unspecified atom stereocenters. The minimum atomic E-state index is -3.69. The van der Waals surface area contributed by atoms with Gasteiger partial charge in [-0.2, -0.15) is 18.6 Å². The molecule has 1 aliphatic carbocycles. The molecular weight excluding hydrogens is 302 g/mol. The fraction of sp³-hybridized carbons (Fsp3) is 0.571. The summed E-state index contributed by atoms with van der Waals surface area (Å²) >= 11 is 0. The summed E-state index contributed by atoms with van der Waals surface area (Å²) in [6, 6.07) is 1.63. The molecule has 120 valence electrons. The zero-order chi connectivity index (χ0) is 15.9. The molecule has 0 radical (unpaired) electrons. The second kappa shape index (κ2) is 5.42. The Morgan fingerprint density at radius 2 is 2.05 bits per heavy atom. The monoisotopic (exact) mass is 323 g/mol. The van der Waals surface area contributed by atoms with E-state index in [2.05, 4.69) is 14.9 Å². The van der Waals surface area contributed by atoms with Crippen molar-refractivity contribution in [1.82, 2.24) is 19.6 Å². The molecule has 2 aromatic heterocycles. The number of anilines is 1. The summed E-state index contributed by atoms with van der Waals surface area (Å²) in [6.07, 6.45) is 6.69. The molecule has 0 atom stereocenters. The zero-order valence-corrected chi connectivity index (χ0v) is 13.8. The Kier molecular flexibility index (Phi) is 3.72. The van der Waals surface area contributed by atoms with Crippen LogP contribution in [-0.4, -0.2) is 28.0 Å². The molecule has 0 amide bonds. The lowest BCUT2D eigenvalue weighted by Crippen LogP contribution is -2.17. The summed E-state index contributed by atoms with van der Waals surface area (Å²) in [5, 5.41) is 8.57. The largest absolute Gasteiger partial charge is 0.281 e. The van der Waals surface area contributed by atoms with Gasteiger partial charge in [0.05, 0.1) is 11.4 Å². The van der Waals surface area contributed by atoms with Gasteiger partial charge in [0.25, 0.3) is 10.0 Å². The van der Waals surface area contributed by atoms with Gasteiger partial charge in [-0.25, -0.2) is 0 Å². The SMILES string of the molecule is CC(C)n1ccc(S(=O)(=O)Nc2cn(C)nc2C2CCC2)n1. The minimum Gasteiger partial charge on any atom is -0.275 e. The predicted octanol–water partition coefficient (Wildman–Crippen LogP) is 2.27. The third-order valence-corrected chi connectivity index (χ3v) is 5.24. The number of aromatic nitrogens is 4. The summed E-state index contributed by atoms with van der Waals surface area (Å²) in [5.41, 5.74) is 1.40. The van der Waals surface area contributed by atoms with Crippen molar-refractivity contribution in [3.63, 3.8) is 0 Å². The highest BCUT2D eigenvalue weighted by Crippen LogP contribution is 2.39. The first-order valence-corrected chi connectivity index (χ1v) is 8.96. The van der Waals surface area contributed by atoms with Crippen molar-refractivity contribution < 1.29 is 8.42 Å². The number of sulfonamides is 1. The first-order chi connectivity index (χ1) is 10.4. The van der Waals surface area contributed by atoms with Crippen LogP contribution in [0.4, 0.5) is 5.69 Å². The molecule has 7 nitrogen and oxygen atoms in total. The lowest BCUT2D eigenvalue weighted by molar-refractivity contribution is 0.408. The van der Waals surface area contributed by atoms with Gasteiger partial charge in [0, 0.05) is 31.4 Å². The normalized spacial score (nSPS) is 16.0. The van der Waals surface area contributed by atoms with E-state index in [0.717, 1.165) is 18.5 Å². The third kappa shape index (κ3) is 2.75. The van der Waals surface area contributed by atoms with E-state index in [9.17, 15) is 8.42 Å². The molecule has 2 aromatic rings. The molecule has 2 heterocycles. The summed E-state index contributed by atoms with van der Waals surface area (Å²) in [7, 11) is -1.89. The van der Waals surface area contributed by atoms with Gasteiger partial charge in [0.2, 0.25) is 0 Å². The lowest BCUT2D eigenvalue weighted by atomic mass is 9.82. The van der Waals surface area contributed by atoms with Crippen molar-refractivity contribution in [2.24, 2.45) is 7.05 Å². The molecular formula is C14H21N5O2S. The number of hydrogen-bond donors (Lipinski definition) is 1. The Morgan fingerprint density at radius 3 is 2.59 bits per heavy atom. The molecule has 1 aliphatic rings. The topological polar surface area (TPSA) is 81.8 Å². The molecule has 0 bridgehead atoms. The van der Waals surface area contributed by atoms with Crippen LogP contribution >= 0.6 is 0 Å². The van der Waals surface area contributed by atoms with Crippen molar-refractivity contribution in [1.29, 1.82) is 0 Å². The van der Waals surface area contributed by atoms with Gasteiger partial charge in [0.1, 0.15) is 0 Å². The van der Waals surface area contributed by atoms with E-state index in [-0.39, 0.29) is 11.1 Å². The molecule has 0 aliphatic heterocycles. The Bertz CT molecular complexity index is 771. The van der Waals surface area contributed by atoms with Crippen LogP contribution in [0.2, 0.25) is 0 Å². The fourth-order valence-corrected chi connectivity index (χ4v) is 3.51. The van der Waals surface area contributed by atoms with Crippen LogP contribution < -0.4 is 4.72 Å². The third-order valence-electron chi connectivity index (χ3n) is 3.98. The molecule has 1 fully saturated rings. The van der Waals surface area contributed by atoms with Gasteiger partial charge >= 0.3 is 0 Å². The fourth-order valence-electron chi connectivity index (χ4n) is 2.52.